The predicted octanol–water partition coefficient (Wildman–Crippen LogP) is 0.505. The normalized spacial score (nSPS) is 10.8. The van der Waals surface area contributed by atoms with Gasteiger partial charge in [0, 0.05) is 6.20 Å². The Morgan fingerprint density at radius 3 is 3.08 bits per heavy atom. The summed E-state index contributed by atoms with van der Waals surface area (Å²) >= 11 is 1.90. The summed E-state index contributed by atoms with van der Waals surface area (Å²) in [5.41, 5.74) is 6.70. The van der Waals surface area contributed by atoms with Crippen molar-refractivity contribution in [2.45, 2.75) is 0 Å². The van der Waals surface area contributed by atoms with Crippen molar-refractivity contribution in [1.29, 1.82) is 0 Å². The van der Waals surface area contributed by atoms with E-state index in [9.17, 15) is 4.79 Å². The summed E-state index contributed by atoms with van der Waals surface area (Å²) in [7, 11) is 0. The van der Waals surface area contributed by atoms with Gasteiger partial charge in [-0.3, -0.25) is 0 Å². The van der Waals surface area contributed by atoms with E-state index in [-0.39, 0.29) is 5.69 Å². The molecule has 0 fully saturated rings. The number of pyridine rings is 1. The number of anilines is 1. The van der Waals surface area contributed by atoms with Gasteiger partial charge >= 0.3 is 5.69 Å². The van der Waals surface area contributed by atoms with Crippen LogP contribution in [0.15, 0.2) is 17.1 Å². The van der Waals surface area contributed by atoms with E-state index < -0.39 is 0 Å². The van der Waals surface area contributed by atoms with Crippen molar-refractivity contribution in [2.75, 3.05) is 5.73 Å². The molecule has 0 bridgehead atoms. The molecule has 0 aliphatic rings. The zero-order chi connectivity index (χ0) is 8.72. The summed E-state index contributed by atoms with van der Waals surface area (Å²) in [5, 5.41) is 0. The second-order valence-electron chi connectivity index (χ2n) is 2.30. The zero-order valence-corrected chi connectivity index (χ0v) is 8.07. The molecule has 0 saturated carbocycles. The van der Waals surface area contributed by atoms with Gasteiger partial charge < -0.3 is 10.7 Å². The summed E-state index contributed by atoms with van der Waals surface area (Å²) < 4.78 is 1.46. The van der Waals surface area contributed by atoms with Gasteiger partial charge in [0.05, 0.1) is 28.4 Å². The van der Waals surface area contributed by atoms with E-state index in [2.05, 4.69) is 9.97 Å². The Kier molecular flexibility index (Phi) is 1.56. The molecule has 0 unspecified atom stereocenters. The zero-order valence-electron chi connectivity index (χ0n) is 5.91. The van der Waals surface area contributed by atoms with Gasteiger partial charge in [-0.2, -0.15) is 0 Å². The van der Waals surface area contributed by atoms with Crippen molar-refractivity contribution in [1.82, 2.24) is 12.7 Å². The third-order valence-corrected chi connectivity index (χ3v) is 2.54. The van der Waals surface area contributed by atoms with Crippen LogP contribution in [-0.4, -0.2) is 12.7 Å². The molecule has 2 rings (SSSR count). The third kappa shape index (κ3) is 0.909. The highest BCUT2D eigenvalue weighted by Gasteiger charge is 2.05. The summed E-state index contributed by atoms with van der Waals surface area (Å²) in [6, 6.07) is 1.73. The molecule has 0 spiro atoms. The van der Waals surface area contributed by atoms with E-state index in [1.165, 1.54) is 2.78 Å². The van der Waals surface area contributed by atoms with Crippen molar-refractivity contribution in [3.8, 4) is 0 Å². The van der Waals surface area contributed by atoms with Gasteiger partial charge in [-0.15, -0.1) is 0 Å². The first-order valence-corrected chi connectivity index (χ1v) is 4.18. The summed E-state index contributed by atoms with van der Waals surface area (Å²) in [6.07, 6.45) is 1.57. The van der Waals surface area contributed by atoms with Crippen LogP contribution in [0.5, 0.6) is 0 Å². The number of H-pyrrole nitrogens is 1. The minimum atomic E-state index is -0.190. The number of nitrogens with two attached hydrogens (primary N) is 1. The number of fused-ring (bicyclic) bond motifs is 1. The van der Waals surface area contributed by atoms with Gasteiger partial charge in [-0.05, 0) is 6.07 Å². The maximum Gasteiger partial charge on any atom is 0.335 e. The third-order valence-electron chi connectivity index (χ3n) is 1.58. The molecular formula is C6H5IN4O. The molecule has 5 nitrogen and oxygen atoms in total. The first-order valence-electron chi connectivity index (χ1n) is 3.21. The van der Waals surface area contributed by atoms with Crippen LogP contribution < -0.4 is 11.4 Å². The summed E-state index contributed by atoms with van der Waals surface area (Å²) in [4.78, 5) is 17.6. The maximum absolute atomic E-state index is 11.1. The van der Waals surface area contributed by atoms with Crippen molar-refractivity contribution in [2.24, 2.45) is 0 Å². The summed E-state index contributed by atoms with van der Waals surface area (Å²) in [5.74, 6) is 0.347. The molecule has 62 valence electrons. The fourth-order valence-electron chi connectivity index (χ4n) is 1.02. The molecule has 0 saturated heterocycles. The van der Waals surface area contributed by atoms with Gasteiger partial charge in [0.2, 0.25) is 0 Å². The van der Waals surface area contributed by atoms with Crippen LogP contribution in [0.2, 0.25) is 0 Å². The molecule has 2 aromatic rings. The van der Waals surface area contributed by atoms with Crippen molar-refractivity contribution in [3.63, 3.8) is 0 Å². The molecule has 2 aromatic heterocycles. The number of hydrogen-bond acceptors (Lipinski definition) is 3. The van der Waals surface area contributed by atoms with E-state index in [0.29, 0.717) is 11.3 Å². The Balaban J connectivity index is 3.05. The lowest BCUT2D eigenvalue weighted by atomic mass is 10.4. The number of nitrogens with zero attached hydrogens (tertiary/aromatic N) is 2. The lowest BCUT2D eigenvalue weighted by Gasteiger charge is -1.92. The van der Waals surface area contributed by atoms with Crippen molar-refractivity contribution >= 4 is 39.7 Å². The second kappa shape index (κ2) is 2.47. The standard InChI is InChI=1S/C6H5IN4O/c7-11-3-1-2-9-5(8)4(3)10-6(11)12/h1-2H,(H2,8,9)(H,10,12). The topological polar surface area (TPSA) is 76.7 Å². The number of nitrogen functional groups attached to an aromatic ring is 1. The molecule has 0 amide bonds. The Hall–Kier alpha value is -1.05. The van der Waals surface area contributed by atoms with E-state index >= 15 is 0 Å². The largest absolute Gasteiger partial charge is 0.382 e. The molecule has 3 N–H and O–H groups in total. The van der Waals surface area contributed by atoms with E-state index in [4.69, 9.17) is 5.73 Å². The van der Waals surface area contributed by atoms with Crippen molar-refractivity contribution < 1.29 is 0 Å². The van der Waals surface area contributed by atoms with Gasteiger partial charge in [-0.1, -0.05) is 0 Å². The van der Waals surface area contributed by atoms with Crippen LogP contribution >= 0.6 is 22.9 Å². The fourth-order valence-corrected chi connectivity index (χ4v) is 1.55. The SMILES string of the molecule is Nc1nccc2c1[nH]c(=O)n2I. The fraction of sp³-hybridized carbons (Fsp3) is 0. The number of aromatic nitrogens is 3. The molecule has 0 atom stereocenters. The molecule has 0 radical (unpaired) electrons. The van der Waals surface area contributed by atoms with Crippen LogP contribution in [0, 0.1) is 0 Å². The van der Waals surface area contributed by atoms with E-state index in [0.717, 1.165) is 5.52 Å². The molecule has 0 aromatic carbocycles. The molecule has 0 aliphatic heterocycles. The Morgan fingerprint density at radius 2 is 2.42 bits per heavy atom. The Bertz CT molecular complexity index is 486. The smallest absolute Gasteiger partial charge is 0.335 e. The van der Waals surface area contributed by atoms with Crippen LogP contribution in [-0.2, 0) is 0 Å². The maximum atomic E-state index is 11.1. The van der Waals surface area contributed by atoms with Gasteiger partial charge in [-0.25, -0.2) is 12.6 Å². The number of halogens is 1. The minimum absolute atomic E-state index is 0.190. The van der Waals surface area contributed by atoms with E-state index in [1.54, 1.807) is 12.3 Å². The average Bonchev–Trinajstić information content (AvgIpc) is 2.32. The monoisotopic (exact) mass is 276 g/mol. The van der Waals surface area contributed by atoms with Crippen LogP contribution in [0.3, 0.4) is 0 Å². The number of nitrogens with one attached hydrogen (secondary N) is 1. The summed E-state index contributed by atoms with van der Waals surface area (Å²) in [6.45, 7) is 0. The molecule has 2 heterocycles. The average molecular weight is 276 g/mol. The highest BCUT2D eigenvalue weighted by molar-refractivity contribution is 14.1. The van der Waals surface area contributed by atoms with Crippen LogP contribution in [0.1, 0.15) is 0 Å². The number of imidazole rings is 1. The molecule has 6 heteroatoms. The Labute approximate surface area is 81.1 Å². The highest BCUT2D eigenvalue weighted by Crippen LogP contribution is 2.15. The molecule has 0 aliphatic carbocycles. The Morgan fingerprint density at radius 1 is 1.67 bits per heavy atom. The second-order valence-corrected chi connectivity index (χ2v) is 3.27. The predicted molar refractivity (Wildman–Crippen MR) is 54.2 cm³/mol. The van der Waals surface area contributed by atoms with Crippen LogP contribution in [0.25, 0.3) is 11.0 Å². The van der Waals surface area contributed by atoms with Gasteiger partial charge in [0.1, 0.15) is 11.3 Å². The quantitative estimate of drug-likeness (QED) is 0.688. The van der Waals surface area contributed by atoms with Crippen LogP contribution in [0.4, 0.5) is 5.82 Å². The lowest BCUT2D eigenvalue weighted by Crippen LogP contribution is -2.06. The first kappa shape index (κ1) is 7.59. The first-order chi connectivity index (χ1) is 5.70. The number of hydrogen-bond donors (Lipinski definition) is 2. The number of rotatable bonds is 0. The van der Waals surface area contributed by atoms with Crippen molar-refractivity contribution in [3.05, 3.63) is 22.7 Å². The number of aromatic amines is 1. The lowest BCUT2D eigenvalue weighted by molar-refractivity contribution is 1.19. The van der Waals surface area contributed by atoms with E-state index in [1.807, 2.05) is 22.9 Å². The van der Waals surface area contributed by atoms with Gasteiger partial charge in [0.25, 0.3) is 0 Å². The van der Waals surface area contributed by atoms with Gasteiger partial charge in [0.15, 0.2) is 0 Å². The molecular weight excluding hydrogens is 271 g/mol. The highest BCUT2D eigenvalue weighted by atomic mass is 127. The molecule has 12 heavy (non-hydrogen) atoms. The minimum Gasteiger partial charge on any atom is -0.382 e.